The number of non-ortho nitro benzene ring substituents is 1. The first kappa shape index (κ1) is 9.60. The second-order valence-corrected chi connectivity index (χ2v) is 3.12. The lowest BCUT2D eigenvalue weighted by molar-refractivity contribution is -0.384. The van der Waals surface area contributed by atoms with Crippen LogP contribution in [-0.2, 0) is 0 Å². The fourth-order valence-electron chi connectivity index (χ4n) is 1.11. The second-order valence-electron chi connectivity index (χ2n) is 2.71. The molecule has 0 N–H and O–H groups in total. The van der Waals surface area contributed by atoms with E-state index in [0.717, 1.165) is 0 Å². The highest BCUT2D eigenvalue weighted by Gasteiger charge is 2.10. The van der Waals surface area contributed by atoms with Crippen LogP contribution in [-0.4, -0.2) is 19.9 Å². The molecule has 6 nitrogen and oxygen atoms in total. The van der Waals surface area contributed by atoms with Gasteiger partial charge in [-0.1, -0.05) is 11.6 Å². The summed E-state index contributed by atoms with van der Waals surface area (Å²) in [5.41, 5.74) is 0.447. The molecule has 0 unspecified atom stereocenters. The fourth-order valence-corrected chi connectivity index (χ4v) is 1.36. The third-order valence-corrected chi connectivity index (χ3v) is 2.08. The van der Waals surface area contributed by atoms with Crippen LogP contribution >= 0.6 is 11.6 Å². The topological polar surface area (TPSA) is 73.8 Å². The van der Waals surface area contributed by atoms with E-state index in [1.54, 1.807) is 0 Å². The van der Waals surface area contributed by atoms with Gasteiger partial charge in [0, 0.05) is 12.1 Å². The van der Waals surface area contributed by atoms with E-state index in [2.05, 4.69) is 10.2 Å². The fraction of sp³-hybridized carbons (Fsp3) is 0. The minimum absolute atomic E-state index is 0.0593. The summed E-state index contributed by atoms with van der Waals surface area (Å²) >= 11 is 5.86. The van der Waals surface area contributed by atoms with Gasteiger partial charge < -0.3 is 0 Å². The van der Waals surface area contributed by atoms with Crippen LogP contribution in [0.4, 0.5) is 5.69 Å². The molecule has 0 amide bonds. The summed E-state index contributed by atoms with van der Waals surface area (Å²) in [6.07, 6.45) is 3.00. The Hall–Kier alpha value is -1.95. The van der Waals surface area contributed by atoms with Crippen molar-refractivity contribution in [2.24, 2.45) is 0 Å². The molecule has 1 aromatic heterocycles. The molecule has 0 atom stereocenters. The maximum atomic E-state index is 10.5. The van der Waals surface area contributed by atoms with E-state index in [9.17, 15) is 10.1 Å². The first-order chi connectivity index (χ1) is 7.18. The lowest BCUT2D eigenvalue weighted by Crippen LogP contribution is -1.99. The van der Waals surface area contributed by atoms with E-state index in [-0.39, 0.29) is 10.7 Å². The summed E-state index contributed by atoms with van der Waals surface area (Å²) in [5.74, 6) is 0. The number of nitro groups is 1. The zero-order valence-corrected chi connectivity index (χ0v) is 8.13. The lowest BCUT2D eigenvalue weighted by atomic mass is 10.3. The number of hydrogen-bond acceptors (Lipinski definition) is 4. The van der Waals surface area contributed by atoms with Gasteiger partial charge in [0.25, 0.3) is 5.69 Å². The van der Waals surface area contributed by atoms with Gasteiger partial charge in [-0.25, -0.2) is 0 Å². The van der Waals surface area contributed by atoms with Crippen molar-refractivity contribution in [2.45, 2.75) is 0 Å². The molecule has 0 aliphatic rings. The zero-order valence-electron chi connectivity index (χ0n) is 7.37. The summed E-state index contributed by atoms with van der Waals surface area (Å²) in [7, 11) is 0. The Morgan fingerprint density at radius 1 is 1.33 bits per heavy atom. The van der Waals surface area contributed by atoms with Crippen LogP contribution < -0.4 is 0 Å². The van der Waals surface area contributed by atoms with E-state index < -0.39 is 4.92 Å². The molecule has 76 valence electrons. The smallest absolute Gasteiger partial charge is 0.258 e. The molecular weight excluding hydrogens is 220 g/mol. The first-order valence-electron chi connectivity index (χ1n) is 3.99. The summed E-state index contributed by atoms with van der Waals surface area (Å²) in [6.45, 7) is 0. The van der Waals surface area contributed by atoms with E-state index >= 15 is 0 Å². The summed E-state index contributed by atoms with van der Waals surface area (Å²) in [6, 6.07) is 4.12. The van der Waals surface area contributed by atoms with Gasteiger partial charge in [0.1, 0.15) is 5.69 Å². The molecule has 1 heterocycles. The lowest BCUT2D eigenvalue weighted by Gasteiger charge is -2.01. The average molecular weight is 225 g/mol. The van der Waals surface area contributed by atoms with Gasteiger partial charge in [-0.05, 0) is 6.07 Å². The highest BCUT2D eigenvalue weighted by atomic mass is 35.5. The third-order valence-electron chi connectivity index (χ3n) is 1.78. The van der Waals surface area contributed by atoms with Crippen LogP contribution in [0.3, 0.4) is 0 Å². The number of hydrogen-bond donors (Lipinski definition) is 0. The SMILES string of the molecule is O=[N+]([O-])c1ccc(-n2nccn2)c(Cl)c1. The Labute approximate surface area is 89.2 Å². The van der Waals surface area contributed by atoms with Crippen LogP contribution in [0.25, 0.3) is 5.69 Å². The van der Waals surface area contributed by atoms with Gasteiger partial charge in [0.05, 0.1) is 22.3 Å². The molecule has 0 spiro atoms. The van der Waals surface area contributed by atoms with Gasteiger partial charge in [-0.15, -0.1) is 0 Å². The molecule has 0 aliphatic carbocycles. The van der Waals surface area contributed by atoms with Crippen molar-refractivity contribution in [3.63, 3.8) is 0 Å². The maximum absolute atomic E-state index is 10.5. The normalized spacial score (nSPS) is 10.2. The van der Waals surface area contributed by atoms with Crippen LogP contribution in [0.2, 0.25) is 5.02 Å². The van der Waals surface area contributed by atoms with Gasteiger partial charge in [0.2, 0.25) is 0 Å². The van der Waals surface area contributed by atoms with Crippen molar-refractivity contribution in [1.82, 2.24) is 15.0 Å². The van der Waals surface area contributed by atoms with E-state index in [1.807, 2.05) is 0 Å². The van der Waals surface area contributed by atoms with Crippen LogP contribution in [0, 0.1) is 10.1 Å². The van der Waals surface area contributed by atoms with Crippen LogP contribution in [0.15, 0.2) is 30.6 Å². The number of rotatable bonds is 2. The Balaban J connectivity index is 2.48. The largest absolute Gasteiger partial charge is 0.271 e. The molecule has 0 radical (unpaired) electrons. The number of nitrogens with zero attached hydrogens (tertiary/aromatic N) is 4. The van der Waals surface area contributed by atoms with Gasteiger partial charge in [0.15, 0.2) is 0 Å². The molecule has 0 aliphatic heterocycles. The van der Waals surface area contributed by atoms with Crippen LogP contribution in [0.5, 0.6) is 0 Å². The average Bonchev–Trinajstić information content (AvgIpc) is 2.70. The molecule has 0 fully saturated rings. The monoisotopic (exact) mass is 224 g/mol. The minimum Gasteiger partial charge on any atom is -0.258 e. The molecule has 7 heteroatoms. The van der Waals surface area contributed by atoms with E-state index in [1.165, 1.54) is 35.4 Å². The minimum atomic E-state index is -0.508. The Kier molecular flexibility index (Phi) is 2.34. The molecule has 2 aromatic rings. The number of halogens is 1. The highest BCUT2D eigenvalue weighted by Crippen LogP contribution is 2.24. The Morgan fingerprint density at radius 3 is 2.53 bits per heavy atom. The van der Waals surface area contributed by atoms with E-state index in [0.29, 0.717) is 5.69 Å². The highest BCUT2D eigenvalue weighted by molar-refractivity contribution is 6.32. The molecule has 15 heavy (non-hydrogen) atoms. The molecule has 0 saturated carbocycles. The molecule has 1 aromatic carbocycles. The van der Waals surface area contributed by atoms with Gasteiger partial charge in [-0.3, -0.25) is 10.1 Å². The number of nitro benzene ring substituents is 1. The maximum Gasteiger partial charge on any atom is 0.271 e. The summed E-state index contributed by atoms with van der Waals surface area (Å²) in [4.78, 5) is 11.2. The van der Waals surface area contributed by atoms with Crippen molar-refractivity contribution in [3.05, 3.63) is 45.7 Å². The van der Waals surface area contributed by atoms with Crippen molar-refractivity contribution in [3.8, 4) is 5.69 Å². The van der Waals surface area contributed by atoms with E-state index in [4.69, 9.17) is 11.6 Å². The predicted octanol–water partition coefficient (Wildman–Crippen LogP) is 1.83. The quantitative estimate of drug-likeness (QED) is 0.576. The molecular formula is C8H5ClN4O2. The zero-order chi connectivity index (χ0) is 10.8. The third kappa shape index (κ3) is 1.79. The number of benzene rings is 1. The molecule has 2 rings (SSSR count). The molecule has 0 saturated heterocycles. The first-order valence-corrected chi connectivity index (χ1v) is 4.37. The Bertz CT molecular complexity index is 497. The molecule has 0 bridgehead atoms. The predicted molar refractivity (Wildman–Crippen MR) is 53.0 cm³/mol. The van der Waals surface area contributed by atoms with Crippen molar-refractivity contribution < 1.29 is 4.92 Å². The standard InChI is InChI=1S/C8H5ClN4O2/c9-7-5-6(13(14)15)1-2-8(7)12-10-3-4-11-12/h1-5H. The van der Waals surface area contributed by atoms with Gasteiger partial charge >= 0.3 is 0 Å². The van der Waals surface area contributed by atoms with Crippen molar-refractivity contribution in [1.29, 1.82) is 0 Å². The Morgan fingerprint density at radius 2 is 2.00 bits per heavy atom. The van der Waals surface area contributed by atoms with Crippen molar-refractivity contribution >= 4 is 17.3 Å². The van der Waals surface area contributed by atoms with Crippen LogP contribution in [0.1, 0.15) is 0 Å². The summed E-state index contributed by atoms with van der Waals surface area (Å²) < 4.78 is 0. The van der Waals surface area contributed by atoms with Crippen molar-refractivity contribution in [2.75, 3.05) is 0 Å². The number of aromatic nitrogens is 3. The second kappa shape index (κ2) is 3.66. The van der Waals surface area contributed by atoms with Gasteiger partial charge in [-0.2, -0.15) is 15.0 Å². The summed E-state index contributed by atoms with van der Waals surface area (Å²) in [5, 5.41) is 18.4.